The molecular formula is C16H21F3N4O5S. The number of carbonyl (C=O) groups excluding carboxylic acids is 1. The Morgan fingerprint density at radius 2 is 1.83 bits per heavy atom. The topological polar surface area (TPSA) is 154 Å². The standard InChI is InChI=1S/C14H17F3N4O3S.C2H4O2/c15-14(16,17)25(23,24)21-7-1-2-11(21)13(22)20-8-9-3-5-10(6-4-9)12(18)19;1-2(3)4/h3-6,11H,1-2,7-8H2,(H3,18,19)(H,20,22);1H3,(H,3,4)/t11-;/m0./s1. The Balaban J connectivity index is 0.000000960. The van der Waals surface area contributed by atoms with Crippen molar-refractivity contribution in [1.29, 1.82) is 5.41 Å². The Labute approximate surface area is 165 Å². The maximum absolute atomic E-state index is 12.7. The normalized spacial score (nSPS) is 17.2. The van der Waals surface area contributed by atoms with Crippen LogP contribution in [0.15, 0.2) is 24.3 Å². The number of amides is 1. The molecule has 13 heteroatoms. The van der Waals surface area contributed by atoms with E-state index in [0.717, 1.165) is 6.92 Å². The molecule has 1 saturated heterocycles. The first-order valence-corrected chi connectivity index (χ1v) is 9.70. The summed E-state index contributed by atoms with van der Waals surface area (Å²) < 4.78 is 61.3. The van der Waals surface area contributed by atoms with Crippen molar-refractivity contribution in [2.24, 2.45) is 5.73 Å². The quantitative estimate of drug-likeness (QED) is 0.397. The molecule has 1 aromatic carbocycles. The van der Waals surface area contributed by atoms with Gasteiger partial charge in [0.1, 0.15) is 11.9 Å². The lowest BCUT2D eigenvalue weighted by Crippen LogP contribution is -2.49. The van der Waals surface area contributed by atoms with Gasteiger partial charge in [0.2, 0.25) is 5.91 Å². The van der Waals surface area contributed by atoms with Gasteiger partial charge in [0.15, 0.2) is 0 Å². The molecule has 0 aliphatic carbocycles. The van der Waals surface area contributed by atoms with Crippen molar-refractivity contribution < 1.29 is 36.3 Å². The Hall–Kier alpha value is -2.67. The third kappa shape index (κ3) is 6.71. The van der Waals surface area contributed by atoms with Gasteiger partial charge in [-0.05, 0) is 18.4 Å². The number of benzene rings is 1. The smallest absolute Gasteiger partial charge is 0.481 e. The van der Waals surface area contributed by atoms with E-state index in [1.54, 1.807) is 24.3 Å². The van der Waals surface area contributed by atoms with Crippen LogP contribution in [0.25, 0.3) is 0 Å². The molecular weight excluding hydrogens is 417 g/mol. The van der Waals surface area contributed by atoms with Crippen molar-refractivity contribution in [1.82, 2.24) is 9.62 Å². The Morgan fingerprint density at radius 1 is 1.31 bits per heavy atom. The van der Waals surface area contributed by atoms with Gasteiger partial charge < -0.3 is 16.2 Å². The lowest BCUT2D eigenvalue weighted by atomic mass is 10.1. The number of nitrogens with one attached hydrogen (secondary N) is 2. The Bertz CT molecular complexity index is 852. The molecule has 29 heavy (non-hydrogen) atoms. The summed E-state index contributed by atoms with van der Waals surface area (Å²) in [5.74, 6) is -1.73. The average Bonchev–Trinajstić information content (AvgIpc) is 3.09. The van der Waals surface area contributed by atoms with E-state index in [0.29, 0.717) is 11.1 Å². The largest absolute Gasteiger partial charge is 0.511 e. The number of carboxylic acid groups (broad SMARTS) is 1. The number of nitrogens with zero attached hydrogens (tertiary/aromatic N) is 1. The number of carboxylic acids is 1. The predicted octanol–water partition coefficient (Wildman–Crippen LogP) is 0.992. The maximum atomic E-state index is 12.7. The van der Waals surface area contributed by atoms with Gasteiger partial charge in [-0.15, -0.1) is 0 Å². The number of amidine groups is 1. The zero-order valence-corrected chi connectivity index (χ0v) is 16.2. The van der Waals surface area contributed by atoms with Gasteiger partial charge >= 0.3 is 15.5 Å². The number of halogens is 3. The van der Waals surface area contributed by atoms with Gasteiger partial charge in [-0.1, -0.05) is 24.3 Å². The predicted molar refractivity (Wildman–Crippen MR) is 97.3 cm³/mol. The Kier molecular flexibility index (Phi) is 8.15. The monoisotopic (exact) mass is 438 g/mol. The van der Waals surface area contributed by atoms with Crippen molar-refractivity contribution >= 4 is 27.7 Å². The van der Waals surface area contributed by atoms with Crippen LogP contribution in [0.3, 0.4) is 0 Å². The molecule has 1 aromatic rings. The van der Waals surface area contributed by atoms with Gasteiger partial charge in [-0.3, -0.25) is 15.0 Å². The van der Waals surface area contributed by atoms with Crippen LogP contribution >= 0.6 is 0 Å². The maximum Gasteiger partial charge on any atom is 0.511 e. The zero-order valence-electron chi connectivity index (χ0n) is 15.4. The Morgan fingerprint density at radius 3 is 2.28 bits per heavy atom. The van der Waals surface area contributed by atoms with E-state index < -0.39 is 33.4 Å². The van der Waals surface area contributed by atoms with Crippen LogP contribution in [0.1, 0.15) is 30.9 Å². The molecule has 0 radical (unpaired) electrons. The lowest BCUT2D eigenvalue weighted by molar-refractivity contribution is -0.134. The molecule has 0 bridgehead atoms. The highest BCUT2D eigenvalue weighted by Crippen LogP contribution is 2.32. The van der Waals surface area contributed by atoms with Crippen LogP contribution < -0.4 is 11.1 Å². The summed E-state index contributed by atoms with van der Waals surface area (Å²) in [4.78, 5) is 21.1. The molecule has 0 unspecified atom stereocenters. The lowest BCUT2D eigenvalue weighted by Gasteiger charge is -2.24. The first-order valence-electron chi connectivity index (χ1n) is 8.26. The minimum Gasteiger partial charge on any atom is -0.481 e. The number of nitrogens with two attached hydrogens (primary N) is 1. The van der Waals surface area contributed by atoms with Crippen LogP contribution in [-0.2, 0) is 26.2 Å². The second-order valence-electron chi connectivity index (χ2n) is 6.07. The molecule has 1 aliphatic rings. The zero-order chi connectivity index (χ0) is 22.4. The van der Waals surface area contributed by atoms with Gasteiger partial charge in [-0.2, -0.15) is 17.5 Å². The first kappa shape index (κ1) is 24.4. The SMILES string of the molecule is CC(=O)O.N=C(N)c1ccc(CNC(=O)[C@@H]2CCCN2S(=O)(=O)C(F)(F)F)cc1. The van der Waals surface area contributed by atoms with Crippen molar-refractivity contribution in [3.63, 3.8) is 0 Å². The number of carbonyl (C=O) groups is 2. The minimum atomic E-state index is -5.53. The molecule has 0 aromatic heterocycles. The molecule has 2 rings (SSSR count). The molecule has 5 N–H and O–H groups in total. The van der Waals surface area contributed by atoms with Gasteiger partial charge in [-0.25, -0.2) is 8.42 Å². The van der Waals surface area contributed by atoms with Crippen LogP contribution in [0.5, 0.6) is 0 Å². The summed E-state index contributed by atoms with van der Waals surface area (Å²) >= 11 is 0. The summed E-state index contributed by atoms with van der Waals surface area (Å²) in [7, 11) is -5.53. The van der Waals surface area contributed by atoms with E-state index in [2.05, 4.69) is 5.32 Å². The summed E-state index contributed by atoms with van der Waals surface area (Å²) in [6.07, 6.45) is 0.213. The third-order valence-corrected chi connectivity index (χ3v) is 5.48. The second kappa shape index (κ2) is 9.69. The van der Waals surface area contributed by atoms with Crippen molar-refractivity contribution in [2.45, 2.75) is 37.9 Å². The number of nitrogen functional groups attached to an aromatic ring is 1. The van der Waals surface area contributed by atoms with Gasteiger partial charge in [0.25, 0.3) is 5.97 Å². The number of aliphatic carboxylic acids is 1. The highest BCUT2D eigenvalue weighted by molar-refractivity contribution is 7.90. The fourth-order valence-electron chi connectivity index (χ4n) is 2.53. The van der Waals surface area contributed by atoms with Crippen molar-refractivity contribution in [3.8, 4) is 0 Å². The number of rotatable bonds is 5. The van der Waals surface area contributed by atoms with Crippen molar-refractivity contribution in [2.75, 3.05) is 6.54 Å². The van der Waals surface area contributed by atoms with E-state index in [-0.39, 0.29) is 36.1 Å². The van der Waals surface area contributed by atoms with Gasteiger partial charge in [0.05, 0.1) is 0 Å². The fourth-order valence-corrected chi connectivity index (χ4v) is 3.70. The molecule has 1 aliphatic heterocycles. The molecule has 1 heterocycles. The van der Waals surface area contributed by atoms with Crippen LogP contribution in [-0.4, -0.2) is 53.6 Å². The number of sulfonamides is 1. The van der Waals surface area contributed by atoms with E-state index in [1.807, 2.05) is 0 Å². The highest BCUT2D eigenvalue weighted by Gasteiger charge is 2.54. The van der Waals surface area contributed by atoms with Crippen LogP contribution in [0.2, 0.25) is 0 Å². The van der Waals surface area contributed by atoms with E-state index in [1.165, 1.54) is 0 Å². The molecule has 0 spiro atoms. The molecule has 1 atom stereocenters. The third-order valence-electron chi connectivity index (χ3n) is 3.84. The molecule has 0 saturated carbocycles. The van der Waals surface area contributed by atoms with E-state index >= 15 is 0 Å². The molecule has 1 fully saturated rings. The first-order chi connectivity index (χ1) is 13.3. The summed E-state index contributed by atoms with van der Waals surface area (Å²) in [6.45, 7) is 0.765. The van der Waals surface area contributed by atoms with Crippen LogP contribution in [0, 0.1) is 5.41 Å². The number of hydrogen-bond acceptors (Lipinski definition) is 5. The highest BCUT2D eigenvalue weighted by atomic mass is 32.2. The molecule has 1 amide bonds. The fraction of sp³-hybridized carbons (Fsp3) is 0.438. The molecule has 9 nitrogen and oxygen atoms in total. The second-order valence-corrected chi connectivity index (χ2v) is 7.95. The number of hydrogen-bond donors (Lipinski definition) is 4. The minimum absolute atomic E-state index is 0.0213. The van der Waals surface area contributed by atoms with E-state index in [4.69, 9.17) is 21.0 Å². The summed E-state index contributed by atoms with van der Waals surface area (Å²) in [6, 6.07) is 4.98. The molecule has 162 valence electrons. The van der Waals surface area contributed by atoms with E-state index in [9.17, 15) is 26.4 Å². The van der Waals surface area contributed by atoms with Gasteiger partial charge in [0, 0.05) is 25.6 Å². The van der Waals surface area contributed by atoms with Crippen molar-refractivity contribution in [3.05, 3.63) is 35.4 Å². The summed E-state index contributed by atoms with van der Waals surface area (Å²) in [5, 5.41) is 17.1. The number of alkyl halides is 3. The van der Waals surface area contributed by atoms with Crippen LogP contribution in [0.4, 0.5) is 13.2 Å². The summed E-state index contributed by atoms with van der Waals surface area (Å²) in [5.41, 5.74) is 1.02. The average molecular weight is 438 g/mol.